The average Bonchev–Trinajstić information content (AvgIpc) is 2.48. The van der Waals surface area contributed by atoms with Crippen molar-refractivity contribution < 1.29 is 4.79 Å². The Labute approximate surface area is 133 Å². The first-order chi connectivity index (χ1) is 10.2. The van der Waals surface area contributed by atoms with Gasteiger partial charge in [0.1, 0.15) is 0 Å². The molecule has 0 saturated carbocycles. The van der Waals surface area contributed by atoms with E-state index < -0.39 is 0 Å². The molecular formula is C17H19BrN2O. The van der Waals surface area contributed by atoms with Gasteiger partial charge in [0, 0.05) is 28.8 Å². The van der Waals surface area contributed by atoms with E-state index in [9.17, 15) is 4.79 Å². The third-order valence-corrected chi connectivity index (χ3v) is 3.67. The van der Waals surface area contributed by atoms with E-state index in [2.05, 4.69) is 33.5 Å². The molecule has 0 spiro atoms. The zero-order valence-corrected chi connectivity index (χ0v) is 13.6. The van der Waals surface area contributed by atoms with Gasteiger partial charge in [0.05, 0.1) is 0 Å². The number of carbonyl (C=O) groups excluding carboxylic acids is 1. The van der Waals surface area contributed by atoms with Gasteiger partial charge < -0.3 is 10.6 Å². The average molecular weight is 347 g/mol. The Kier molecular flexibility index (Phi) is 5.81. The Bertz CT molecular complexity index is 613. The van der Waals surface area contributed by atoms with Crippen LogP contribution in [-0.2, 0) is 11.2 Å². The number of hydrogen-bond donors (Lipinski definition) is 2. The first kappa shape index (κ1) is 15.6. The molecule has 1 amide bonds. The van der Waals surface area contributed by atoms with E-state index in [1.54, 1.807) is 0 Å². The number of carbonyl (C=O) groups is 1. The topological polar surface area (TPSA) is 41.1 Å². The fourth-order valence-corrected chi connectivity index (χ4v) is 2.48. The minimum atomic E-state index is 0.0263. The van der Waals surface area contributed by atoms with E-state index >= 15 is 0 Å². The highest BCUT2D eigenvalue weighted by molar-refractivity contribution is 9.10. The van der Waals surface area contributed by atoms with Gasteiger partial charge in [-0.05, 0) is 36.2 Å². The minimum Gasteiger partial charge on any atom is -0.384 e. The van der Waals surface area contributed by atoms with Crippen LogP contribution in [0.3, 0.4) is 0 Å². The molecule has 21 heavy (non-hydrogen) atoms. The highest BCUT2D eigenvalue weighted by atomic mass is 79.9. The van der Waals surface area contributed by atoms with Gasteiger partial charge in [-0.25, -0.2) is 0 Å². The highest BCUT2D eigenvalue weighted by Gasteiger charge is 2.05. The van der Waals surface area contributed by atoms with Crippen molar-refractivity contribution in [3.63, 3.8) is 0 Å². The molecule has 0 bridgehead atoms. The molecule has 0 aliphatic rings. The van der Waals surface area contributed by atoms with Gasteiger partial charge in [-0.1, -0.05) is 47.1 Å². The molecule has 0 heterocycles. The molecule has 0 aliphatic carbocycles. The lowest BCUT2D eigenvalue weighted by Crippen LogP contribution is -2.17. The van der Waals surface area contributed by atoms with Crippen LogP contribution in [0.15, 0.2) is 53.0 Å². The van der Waals surface area contributed by atoms with Crippen LogP contribution >= 0.6 is 15.9 Å². The third kappa shape index (κ3) is 4.90. The molecule has 3 nitrogen and oxygen atoms in total. The Morgan fingerprint density at radius 1 is 1.14 bits per heavy atom. The van der Waals surface area contributed by atoms with Crippen molar-refractivity contribution in [2.24, 2.45) is 0 Å². The van der Waals surface area contributed by atoms with E-state index in [0.29, 0.717) is 13.0 Å². The number of nitrogens with one attached hydrogen (secondary N) is 2. The SMILES string of the molecule is CCc1ccccc1NC(=O)CCNc1cccc(Br)c1. The van der Waals surface area contributed by atoms with Crippen molar-refractivity contribution in [2.75, 3.05) is 17.2 Å². The summed E-state index contributed by atoms with van der Waals surface area (Å²) in [5.41, 5.74) is 3.07. The van der Waals surface area contributed by atoms with Gasteiger partial charge in [-0.15, -0.1) is 0 Å². The zero-order chi connectivity index (χ0) is 15.1. The van der Waals surface area contributed by atoms with Gasteiger partial charge in [0.15, 0.2) is 0 Å². The van der Waals surface area contributed by atoms with Crippen molar-refractivity contribution in [3.05, 3.63) is 58.6 Å². The van der Waals surface area contributed by atoms with Crippen molar-refractivity contribution >= 4 is 33.2 Å². The van der Waals surface area contributed by atoms with Gasteiger partial charge >= 0.3 is 0 Å². The number of hydrogen-bond acceptors (Lipinski definition) is 2. The first-order valence-corrected chi connectivity index (χ1v) is 7.85. The van der Waals surface area contributed by atoms with Crippen LogP contribution in [0.1, 0.15) is 18.9 Å². The number of halogens is 1. The maximum Gasteiger partial charge on any atom is 0.226 e. The second kappa shape index (κ2) is 7.84. The Morgan fingerprint density at radius 3 is 2.71 bits per heavy atom. The molecule has 0 radical (unpaired) electrons. The van der Waals surface area contributed by atoms with Crippen molar-refractivity contribution in [1.82, 2.24) is 0 Å². The highest BCUT2D eigenvalue weighted by Crippen LogP contribution is 2.17. The summed E-state index contributed by atoms with van der Waals surface area (Å²) in [6, 6.07) is 15.8. The summed E-state index contributed by atoms with van der Waals surface area (Å²) in [5.74, 6) is 0.0263. The minimum absolute atomic E-state index is 0.0263. The molecule has 2 N–H and O–H groups in total. The van der Waals surface area contributed by atoms with Crippen LogP contribution in [0.25, 0.3) is 0 Å². The van der Waals surface area contributed by atoms with E-state index in [-0.39, 0.29) is 5.91 Å². The van der Waals surface area contributed by atoms with E-state index in [1.807, 2.05) is 48.5 Å². The maximum absolute atomic E-state index is 12.0. The summed E-state index contributed by atoms with van der Waals surface area (Å²) in [6.45, 7) is 2.69. The number of aryl methyl sites for hydroxylation is 1. The van der Waals surface area contributed by atoms with Crippen molar-refractivity contribution in [3.8, 4) is 0 Å². The molecule has 110 valence electrons. The molecule has 0 aromatic heterocycles. The largest absolute Gasteiger partial charge is 0.384 e. The van der Waals surface area contributed by atoms with Gasteiger partial charge in [-0.3, -0.25) is 4.79 Å². The number of rotatable bonds is 6. The summed E-state index contributed by atoms with van der Waals surface area (Å²) in [7, 11) is 0. The van der Waals surface area contributed by atoms with E-state index in [0.717, 1.165) is 27.8 Å². The molecule has 2 aromatic carbocycles. The molecule has 0 aliphatic heterocycles. The van der Waals surface area contributed by atoms with Gasteiger partial charge in [-0.2, -0.15) is 0 Å². The second-order valence-electron chi connectivity index (χ2n) is 4.75. The first-order valence-electron chi connectivity index (χ1n) is 7.06. The van der Waals surface area contributed by atoms with E-state index in [4.69, 9.17) is 0 Å². The van der Waals surface area contributed by atoms with Crippen molar-refractivity contribution in [2.45, 2.75) is 19.8 Å². The number of amides is 1. The molecule has 0 atom stereocenters. The summed E-state index contributed by atoms with van der Waals surface area (Å²) in [4.78, 5) is 12.0. The summed E-state index contributed by atoms with van der Waals surface area (Å²) in [5, 5.41) is 6.21. The van der Waals surface area contributed by atoms with Crippen LogP contribution in [0.4, 0.5) is 11.4 Å². The number of anilines is 2. The molecule has 0 fully saturated rings. The van der Waals surface area contributed by atoms with Gasteiger partial charge in [0.25, 0.3) is 0 Å². The monoisotopic (exact) mass is 346 g/mol. The smallest absolute Gasteiger partial charge is 0.226 e. The lowest BCUT2D eigenvalue weighted by molar-refractivity contribution is -0.115. The van der Waals surface area contributed by atoms with Crippen molar-refractivity contribution in [1.29, 1.82) is 0 Å². The summed E-state index contributed by atoms with van der Waals surface area (Å²) in [6.07, 6.45) is 1.34. The zero-order valence-electron chi connectivity index (χ0n) is 12.0. The predicted octanol–water partition coefficient (Wildman–Crippen LogP) is 4.45. The lowest BCUT2D eigenvalue weighted by atomic mass is 10.1. The van der Waals surface area contributed by atoms with Crippen LogP contribution in [-0.4, -0.2) is 12.5 Å². The van der Waals surface area contributed by atoms with Crippen LogP contribution in [0, 0.1) is 0 Å². The fourth-order valence-electron chi connectivity index (χ4n) is 2.08. The molecule has 0 saturated heterocycles. The summed E-state index contributed by atoms with van der Waals surface area (Å²) < 4.78 is 1.02. The van der Waals surface area contributed by atoms with Crippen LogP contribution in [0.5, 0.6) is 0 Å². The molecule has 2 rings (SSSR count). The van der Waals surface area contributed by atoms with Crippen LogP contribution < -0.4 is 10.6 Å². The quantitative estimate of drug-likeness (QED) is 0.810. The molecular weight excluding hydrogens is 328 g/mol. The fraction of sp³-hybridized carbons (Fsp3) is 0.235. The normalized spacial score (nSPS) is 10.2. The number of para-hydroxylation sites is 1. The maximum atomic E-state index is 12.0. The number of benzene rings is 2. The molecule has 2 aromatic rings. The predicted molar refractivity (Wildman–Crippen MR) is 91.7 cm³/mol. The van der Waals surface area contributed by atoms with Crippen LogP contribution in [0.2, 0.25) is 0 Å². The second-order valence-corrected chi connectivity index (χ2v) is 5.66. The third-order valence-electron chi connectivity index (χ3n) is 3.18. The summed E-state index contributed by atoms with van der Waals surface area (Å²) >= 11 is 3.42. The standard InChI is InChI=1S/C17H19BrN2O/c1-2-13-6-3-4-9-16(13)20-17(21)10-11-19-15-8-5-7-14(18)12-15/h3-9,12,19H,2,10-11H2,1H3,(H,20,21). The molecule has 0 unspecified atom stereocenters. The Balaban J connectivity index is 1.82. The Hall–Kier alpha value is -1.81. The lowest BCUT2D eigenvalue weighted by Gasteiger charge is -2.10. The van der Waals surface area contributed by atoms with Gasteiger partial charge in [0.2, 0.25) is 5.91 Å². The van der Waals surface area contributed by atoms with E-state index in [1.165, 1.54) is 0 Å². The molecule has 4 heteroatoms. The Morgan fingerprint density at radius 2 is 1.95 bits per heavy atom.